The Hall–Kier alpha value is -2.05. The summed E-state index contributed by atoms with van der Waals surface area (Å²) < 4.78 is 18.3. The van der Waals surface area contributed by atoms with E-state index in [9.17, 15) is 9.18 Å². The van der Waals surface area contributed by atoms with Gasteiger partial charge < -0.3 is 15.0 Å². The van der Waals surface area contributed by atoms with Crippen molar-refractivity contribution in [1.29, 1.82) is 0 Å². The molecule has 0 aliphatic carbocycles. The molecule has 0 saturated carbocycles. The second-order valence-electron chi connectivity index (χ2n) is 5.77. The minimum absolute atomic E-state index is 0.0101. The highest BCUT2D eigenvalue weighted by Gasteiger charge is 2.19. The Morgan fingerprint density at radius 1 is 1.20 bits per heavy atom. The van der Waals surface area contributed by atoms with Crippen LogP contribution in [0.3, 0.4) is 0 Å². The van der Waals surface area contributed by atoms with Gasteiger partial charge in [0.2, 0.25) is 5.91 Å². The second kappa shape index (κ2) is 9.44. The molecule has 2 rings (SSSR count). The normalized spacial score (nSPS) is 12.0. The van der Waals surface area contributed by atoms with Crippen LogP contribution < -0.4 is 10.1 Å². The van der Waals surface area contributed by atoms with E-state index in [4.69, 9.17) is 4.74 Å². The van der Waals surface area contributed by atoms with Crippen molar-refractivity contribution in [2.45, 2.75) is 10.9 Å². The van der Waals surface area contributed by atoms with Crippen LogP contribution in [-0.4, -0.2) is 44.3 Å². The summed E-state index contributed by atoms with van der Waals surface area (Å²) in [6.07, 6.45) is 0. The van der Waals surface area contributed by atoms with E-state index in [1.165, 1.54) is 23.9 Å². The number of carbonyl (C=O) groups is 1. The molecule has 0 aromatic heterocycles. The van der Waals surface area contributed by atoms with Crippen LogP contribution in [0.2, 0.25) is 0 Å². The topological polar surface area (TPSA) is 41.6 Å². The second-order valence-corrected chi connectivity index (χ2v) is 6.82. The van der Waals surface area contributed by atoms with Gasteiger partial charge in [-0.15, -0.1) is 11.8 Å². The summed E-state index contributed by atoms with van der Waals surface area (Å²) in [6, 6.07) is 13.9. The van der Waals surface area contributed by atoms with Gasteiger partial charge in [0.1, 0.15) is 11.6 Å². The number of benzene rings is 2. The van der Waals surface area contributed by atoms with Crippen molar-refractivity contribution >= 4 is 17.7 Å². The molecule has 4 nitrogen and oxygen atoms in total. The monoisotopic (exact) mass is 362 g/mol. The fourth-order valence-electron chi connectivity index (χ4n) is 2.45. The molecule has 2 aromatic rings. The van der Waals surface area contributed by atoms with Gasteiger partial charge in [-0.3, -0.25) is 4.79 Å². The summed E-state index contributed by atoms with van der Waals surface area (Å²) in [7, 11) is 5.58. The van der Waals surface area contributed by atoms with Crippen molar-refractivity contribution in [3.8, 4) is 5.75 Å². The summed E-state index contributed by atoms with van der Waals surface area (Å²) in [6.45, 7) is 0.482. The van der Waals surface area contributed by atoms with E-state index < -0.39 is 0 Å². The van der Waals surface area contributed by atoms with Crippen molar-refractivity contribution in [2.75, 3.05) is 33.5 Å². The maximum absolute atomic E-state index is 12.9. The first-order valence-corrected chi connectivity index (χ1v) is 8.94. The lowest BCUT2D eigenvalue weighted by Crippen LogP contribution is -2.35. The lowest BCUT2D eigenvalue weighted by molar-refractivity contribution is -0.118. The summed E-state index contributed by atoms with van der Waals surface area (Å²) in [5.41, 5.74) is 1.03. The molecule has 1 amide bonds. The van der Waals surface area contributed by atoms with Crippen molar-refractivity contribution < 1.29 is 13.9 Å². The number of para-hydroxylation sites is 1. The molecule has 1 atom stereocenters. The molecule has 2 aromatic carbocycles. The van der Waals surface area contributed by atoms with E-state index in [1.54, 1.807) is 19.2 Å². The van der Waals surface area contributed by atoms with Crippen molar-refractivity contribution in [3.05, 3.63) is 59.9 Å². The first kappa shape index (κ1) is 19.3. The highest BCUT2D eigenvalue weighted by atomic mass is 32.2. The molecule has 0 bridgehead atoms. The largest absolute Gasteiger partial charge is 0.496 e. The van der Waals surface area contributed by atoms with E-state index in [-0.39, 0.29) is 23.5 Å². The highest BCUT2D eigenvalue weighted by Crippen LogP contribution is 2.27. The van der Waals surface area contributed by atoms with Crippen LogP contribution in [0.1, 0.15) is 11.6 Å². The van der Waals surface area contributed by atoms with Crippen molar-refractivity contribution in [2.24, 2.45) is 0 Å². The maximum atomic E-state index is 12.9. The SMILES string of the molecule is COc1ccccc1C(CNC(=O)CSc1ccc(F)cc1)N(C)C. The molecule has 0 aliphatic rings. The number of likely N-dealkylation sites (N-methyl/N-ethyl adjacent to an activating group) is 1. The summed E-state index contributed by atoms with van der Waals surface area (Å²) in [4.78, 5) is 15.1. The number of ether oxygens (including phenoxy) is 1. The molecule has 134 valence electrons. The molecule has 25 heavy (non-hydrogen) atoms. The maximum Gasteiger partial charge on any atom is 0.230 e. The number of amides is 1. The molecular weight excluding hydrogens is 339 g/mol. The number of carbonyl (C=O) groups excluding carboxylic acids is 1. The average Bonchev–Trinajstić information content (AvgIpc) is 2.61. The molecule has 1 N–H and O–H groups in total. The van der Waals surface area contributed by atoms with Gasteiger partial charge in [0.25, 0.3) is 0 Å². The number of hydrogen-bond donors (Lipinski definition) is 1. The summed E-state index contributed by atoms with van der Waals surface area (Å²) in [5.74, 6) is 0.754. The van der Waals surface area contributed by atoms with Crippen molar-refractivity contribution in [3.63, 3.8) is 0 Å². The zero-order valence-electron chi connectivity index (χ0n) is 14.7. The van der Waals surface area contributed by atoms with Gasteiger partial charge in [0.15, 0.2) is 0 Å². The van der Waals surface area contributed by atoms with Crippen LogP contribution in [0.5, 0.6) is 5.75 Å². The van der Waals surface area contributed by atoms with Gasteiger partial charge in [-0.05, 0) is 44.4 Å². The quantitative estimate of drug-likeness (QED) is 0.732. The molecule has 0 radical (unpaired) electrons. The number of halogens is 1. The minimum atomic E-state index is -0.278. The van der Waals surface area contributed by atoms with Gasteiger partial charge >= 0.3 is 0 Å². The van der Waals surface area contributed by atoms with E-state index >= 15 is 0 Å². The zero-order valence-corrected chi connectivity index (χ0v) is 15.5. The first-order chi connectivity index (χ1) is 12.0. The van der Waals surface area contributed by atoms with Gasteiger partial charge in [0.05, 0.1) is 18.9 Å². The van der Waals surface area contributed by atoms with Crippen LogP contribution in [0.4, 0.5) is 4.39 Å². The molecule has 6 heteroatoms. The summed E-state index contributed by atoms with van der Waals surface area (Å²) >= 11 is 1.38. The molecular formula is C19H23FN2O2S. The van der Waals surface area contributed by atoms with Gasteiger partial charge in [-0.25, -0.2) is 4.39 Å². The van der Waals surface area contributed by atoms with Crippen LogP contribution in [0.25, 0.3) is 0 Å². The van der Waals surface area contributed by atoms with E-state index in [0.717, 1.165) is 16.2 Å². The third-order valence-electron chi connectivity index (χ3n) is 3.80. The van der Waals surface area contributed by atoms with Crippen LogP contribution >= 0.6 is 11.8 Å². The van der Waals surface area contributed by atoms with Crippen molar-refractivity contribution in [1.82, 2.24) is 10.2 Å². The number of hydrogen-bond acceptors (Lipinski definition) is 4. The Morgan fingerprint density at radius 3 is 2.52 bits per heavy atom. The van der Waals surface area contributed by atoms with Crippen LogP contribution in [-0.2, 0) is 4.79 Å². The molecule has 0 aliphatic heterocycles. The predicted octanol–water partition coefficient (Wildman–Crippen LogP) is 3.35. The predicted molar refractivity (Wildman–Crippen MR) is 99.6 cm³/mol. The zero-order chi connectivity index (χ0) is 18.2. The van der Waals surface area contributed by atoms with E-state index in [0.29, 0.717) is 6.54 Å². The van der Waals surface area contributed by atoms with E-state index in [2.05, 4.69) is 5.32 Å². The Kier molecular flexibility index (Phi) is 7.28. The fourth-order valence-corrected chi connectivity index (χ4v) is 3.18. The highest BCUT2D eigenvalue weighted by molar-refractivity contribution is 8.00. The smallest absolute Gasteiger partial charge is 0.230 e. The third-order valence-corrected chi connectivity index (χ3v) is 4.81. The Morgan fingerprint density at radius 2 is 1.88 bits per heavy atom. The summed E-state index contributed by atoms with van der Waals surface area (Å²) in [5, 5.41) is 2.96. The number of nitrogens with zero attached hydrogens (tertiary/aromatic N) is 1. The number of nitrogens with one attached hydrogen (secondary N) is 1. The molecule has 0 heterocycles. The number of rotatable bonds is 8. The van der Waals surface area contributed by atoms with Gasteiger partial charge in [-0.2, -0.15) is 0 Å². The van der Waals surface area contributed by atoms with Crippen LogP contribution in [0.15, 0.2) is 53.4 Å². The minimum Gasteiger partial charge on any atom is -0.496 e. The first-order valence-electron chi connectivity index (χ1n) is 7.95. The van der Waals surface area contributed by atoms with Crippen LogP contribution in [0, 0.1) is 5.82 Å². The van der Waals surface area contributed by atoms with Gasteiger partial charge in [-0.1, -0.05) is 18.2 Å². The standard InChI is InChI=1S/C19H23FN2O2S/c1-22(2)17(16-6-4-5-7-18(16)24-3)12-21-19(23)13-25-15-10-8-14(20)9-11-15/h4-11,17H,12-13H2,1-3H3,(H,21,23). The van der Waals surface area contributed by atoms with E-state index in [1.807, 2.05) is 43.3 Å². The Bertz CT molecular complexity index is 692. The fraction of sp³-hybridized carbons (Fsp3) is 0.316. The molecule has 0 spiro atoms. The molecule has 1 unspecified atom stereocenters. The Labute approximate surface area is 152 Å². The van der Waals surface area contributed by atoms with Gasteiger partial charge in [0, 0.05) is 17.0 Å². The average molecular weight is 362 g/mol. The Balaban J connectivity index is 1.92. The molecule has 0 fully saturated rings. The lowest BCUT2D eigenvalue weighted by Gasteiger charge is -2.26. The number of thioether (sulfide) groups is 1. The molecule has 0 saturated heterocycles. The lowest BCUT2D eigenvalue weighted by atomic mass is 10.0. The third kappa shape index (κ3) is 5.76. The number of methoxy groups -OCH3 is 1.